The van der Waals surface area contributed by atoms with Gasteiger partial charge in [-0.2, -0.15) is 5.10 Å². The molecule has 0 aromatic carbocycles. The molecule has 1 saturated heterocycles. The second kappa shape index (κ2) is 7.42. The smallest absolute Gasteiger partial charge is 0.267 e. The fraction of sp³-hybridized carbons (Fsp3) is 0.529. The highest BCUT2D eigenvalue weighted by molar-refractivity contribution is 5.40. The first kappa shape index (κ1) is 16.4. The lowest BCUT2D eigenvalue weighted by molar-refractivity contribution is 0.451. The van der Waals surface area contributed by atoms with Crippen LogP contribution in [0.15, 0.2) is 35.5 Å². The van der Waals surface area contributed by atoms with Crippen LogP contribution in [0.5, 0.6) is 0 Å². The van der Waals surface area contributed by atoms with Crippen LogP contribution in [-0.4, -0.2) is 38.9 Å². The van der Waals surface area contributed by atoms with Crippen LogP contribution in [0.25, 0.3) is 0 Å². The fourth-order valence-corrected chi connectivity index (χ4v) is 3.07. The molecular weight excluding hydrogens is 304 g/mol. The lowest BCUT2D eigenvalue weighted by Crippen LogP contribution is -2.45. The average molecular weight is 328 g/mol. The Bertz CT molecular complexity index is 715. The van der Waals surface area contributed by atoms with E-state index >= 15 is 0 Å². The molecule has 1 atom stereocenters. The first-order valence-electron chi connectivity index (χ1n) is 8.51. The molecule has 0 spiro atoms. The standard InChI is InChI=1S/C17H24N6O/c1-13(2)23-17(24)7-6-16(21-23)22-10-4-3-5-14(22)11-19-15-8-9-18-12-20-15/h6-9,12-14H,3-5,10-11H2,1-2H3,(H,18,19,20). The summed E-state index contributed by atoms with van der Waals surface area (Å²) >= 11 is 0. The Hall–Kier alpha value is -2.44. The predicted molar refractivity (Wildman–Crippen MR) is 94.4 cm³/mol. The molecule has 0 amide bonds. The molecule has 2 aromatic rings. The molecule has 0 saturated carbocycles. The molecule has 24 heavy (non-hydrogen) atoms. The van der Waals surface area contributed by atoms with Crippen LogP contribution in [0, 0.1) is 0 Å². The average Bonchev–Trinajstić information content (AvgIpc) is 2.61. The number of hydrogen-bond acceptors (Lipinski definition) is 6. The highest BCUT2D eigenvalue weighted by atomic mass is 16.1. The van der Waals surface area contributed by atoms with Gasteiger partial charge in [-0.05, 0) is 45.2 Å². The van der Waals surface area contributed by atoms with Crippen LogP contribution in [0.2, 0.25) is 0 Å². The van der Waals surface area contributed by atoms with Crippen molar-refractivity contribution in [1.82, 2.24) is 19.7 Å². The van der Waals surface area contributed by atoms with Crippen molar-refractivity contribution in [2.45, 2.75) is 45.2 Å². The Morgan fingerprint density at radius 3 is 2.92 bits per heavy atom. The molecule has 0 bridgehead atoms. The second-order valence-corrected chi connectivity index (χ2v) is 6.39. The van der Waals surface area contributed by atoms with Gasteiger partial charge in [0.1, 0.15) is 18.0 Å². The van der Waals surface area contributed by atoms with E-state index < -0.39 is 0 Å². The molecule has 7 heteroatoms. The van der Waals surface area contributed by atoms with Crippen molar-refractivity contribution in [3.63, 3.8) is 0 Å². The van der Waals surface area contributed by atoms with E-state index in [9.17, 15) is 4.79 Å². The van der Waals surface area contributed by atoms with Gasteiger partial charge < -0.3 is 10.2 Å². The number of nitrogens with one attached hydrogen (secondary N) is 1. The lowest BCUT2D eigenvalue weighted by Gasteiger charge is -2.37. The first-order valence-corrected chi connectivity index (χ1v) is 8.51. The zero-order valence-electron chi connectivity index (χ0n) is 14.2. The third kappa shape index (κ3) is 3.72. The summed E-state index contributed by atoms with van der Waals surface area (Å²) in [6, 6.07) is 5.71. The number of piperidine rings is 1. The summed E-state index contributed by atoms with van der Waals surface area (Å²) in [7, 11) is 0. The zero-order chi connectivity index (χ0) is 16.9. The summed E-state index contributed by atoms with van der Waals surface area (Å²) in [4.78, 5) is 22.4. The van der Waals surface area contributed by atoms with Crippen molar-refractivity contribution >= 4 is 11.6 Å². The van der Waals surface area contributed by atoms with E-state index in [4.69, 9.17) is 0 Å². The van der Waals surface area contributed by atoms with E-state index in [1.807, 2.05) is 26.0 Å². The van der Waals surface area contributed by atoms with E-state index in [1.165, 1.54) is 6.42 Å². The molecular formula is C17H24N6O. The Morgan fingerprint density at radius 2 is 2.17 bits per heavy atom. The van der Waals surface area contributed by atoms with E-state index in [0.29, 0.717) is 6.04 Å². The van der Waals surface area contributed by atoms with Gasteiger partial charge in [0.25, 0.3) is 5.56 Å². The molecule has 2 aromatic heterocycles. The maximum absolute atomic E-state index is 11.9. The molecule has 3 rings (SSSR count). The largest absolute Gasteiger partial charge is 0.368 e. The molecule has 1 N–H and O–H groups in total. The van der Waals surface area contributed by atoms with Gasteiger partial charge in [-0.3, -0.25) is 4.79 Å². The van der Waals surface area contributed by atoms with Gasteiger partial charge in [0.15, 0.2) is 0 Å². The molecule has 1 fully saturated rings. The molecule has 0 aliphatic carbocycles. The summed E-state index contributed by atoms with van der Waals surface area (Å²) in [5.74, 6) is 1.70. The Kier molecular flexibility index (Phi) is 5.08. The van der Waals surface area contributed by atoms with Crippen LogP contribution in [0.3, 0.4) is 0 Å². The lowest BCUT2D eigenvalue weighted by atomic mass is 10.0. The number of anilines is 2. The molecule has 3 heterocycles. The van der Waals surface area contributed by atoms with Crippen LogP contribution in [-0.2, 0) is 0 Å². The van der Waals surface area contributed by atoms with Gasteiger partial charge in [-0.1, -0.05) is 0 Å². The Balaban J connectivity index is 1.77. The number of aromatic nitrogens is 4. The van der Waals surface area contributed by atoms with Crippen molar-refractivity contribution in [2.75, 3.05) is 23.3 Å². The third-order valence-corrected chi connectivity index (χ3v) is 4.32. The van der Waals surface area contributed by atoms with Gasteiger partial charge in [-0.15, -0.1) is 0 Å². The minimum Gasteiger partial charge on any atom is -0.368 e. The highest BCUT2D eigenvalue weighted by Gasteiger charge is 2.24. The van der Waals surface area contributed by atoms with Crippen molar-refractivity contribution in [3.05, 3.63) is 41.1 Å². The molecule has 1 aliphatic heterocycles. The van der Waals surface area contributed by atoms with Crippen LogP contribution in [0.4, 0.5) is 11.6 Å². The summed E-state index contributed by atoms with van der Waals surface area (Å²) in [5.41, 5.74) is -0.0542. The first-order chi connectivity index (χ1) is 11.6. The van der Waals surface area contributed by atoms with Gasteiger partial charge in [0.2, 0.25) is 0 Å². The molecule has 128 valence electrons. The quantitative estimate of drug-likeness (QED) is 0.906. The van der Waals surface area contributed by atoms with E-state index in [0.717, 1.165) is 37.6 Å². The summed E-state index contributed by atoms with van der Waals surface area (Å²) < 4.78 is 1.55. The normalized spacial score (nSPS) is 18.0. The van der Waals surface area contributed by atoms with Crippen molar-refractivity contribution < 1.29 is 0 Å². The third-order valence-electron chi connectivity index (χ3n) is 4.32. The Morgan fingerprint density at radius 1 is 1.29 bits per heavy atom. The summed E-state index contributed by atoms with van der Waals surface area (Å²) in [5, 5.41) is 7.95. The monoisotopic (exact) mass is 328 g/mol. The van der Waals surface area contributed by atoms with E-state index in [2.05, 4.69) is 25.3 Å². The van der Waals surface area contributed by atoms with Gasteiger partial charge >= 0.3 is 0 Å². The minimum absolute atomic E-state index is 0.0542. The fourth-order valence-electron chi connectivity index (χ4n) is 3.07. The Labute approximate surface area is 141 Å². The minimum atomic E-state index is -0.0542. The highest BCUT2D eigenvalue weighted by Crippen LogP contribution is 2.23. The topological polar surface area (TPSA) is 75.9 Å². The van der Waals surface area contributed by atoms with Crippen molar-refractivity contribution in [1.29, 1.82) is 0 Å². The van der Waals surface area contributed by atoms with Crippen LogP contribution < -0.4 is 15.8 Å². The predicted octanol–water partition coefficient (Wildman–Crippen LogP) is 2.09. The molecule has 1 unspecified atom stereocenters. The van der Waals surface area contributed by atoms with Gasteiger partial charge in [0, 0.05) is 31.4 Å². The van der Waals surface area contributed by atoms with Gasteiger partial charge in [0.05, 0.1) is 6.04 Å². The molecule has 7 nitrogen and oxygen atoms in total. The summed E-state index contributed by atoms with van der Waals surface area (Å²) in [6.45, 7) is 5.70. The molecule has 1 aliphatic rings. The maximum Gasteiger partial charge on any atom is 0.267 e. The van der Waals surface area contributed by atoms with Crippen molar-refractivity contribution in [2.24, 2.45) is 0 Å². The number of hydrogen-bond donors (Lipinski definition) is 1. The second-order valence-electron chi connectivity index (χ2n) is 6.39. The van der Waals surface area contributed by atoms with E-state index in [1.54, 1.807) is 23.3 Å². The zero-order valence-corrected chi connectivity index (χ0v) is 14.2. The van der Waals surface area contributed by atoms with Crippen molar-refractivity contribution in [3.8, 4) is 0 Å². The SMILES string of the molecule is CC(C)n1nc(N2CCCCC2CNc2ccncn2)ccc1=O. The maximum atomic E-state index is 11.9. The summed E-state index contributed by atoms with van der Waals surface area (Å²) in [6.07, 6.45) is 6.72. The van der Waals surface area contributed by atoms with Gasteiger partial charge in [-0.25, -0.2) is 14.6 Å². The van der Waals surface area contributed by atoms with Crippen LogP contribution in [0.1, 0.15) is 39.2 Å². The molecule has 0 radical (unpaired) electrons. The van der Waals surface area contributed by atoms with Crippen LogP contribution >= 0.6 is 0 Å². The van der Waals surface area contributed by atoms with E-state index in [-0.39, 0.29) is 11.6 Å². The number of rotatable bonds is 5. The number of nitrogens with zero attached hydrogens (tertiary/aromatic N) is 5.